The van der Waals surface area contributed by atoms with Crippen LogP contribution < -0.4 is 10.1 Å². The number of amides is 1. The summed E-state index contributed by atoms with van der Waals surface area (Å²) >= 11 is 0. The second-order valence-corrected chi connectivity index (χ2v) is 7.95. The molecule has 4 heteroatoms. The van der Waals surface area contributed by atoms with Crippen molar-refractivity contribution < 1.29 is 14.3 Å². The first-order valence-corrected chi connectivity index (χ1v) is 10.8. The van der Waals surface area contributed by atoms with Gasteiger partial charge in [0.1, 0.15) is 12.4 Å². The lowest BCUT2D eigenvalue weighted by Crippen LogP contribution is -2.26. The molecule has 0 radical (unpaired) electrons. The van der Waals surface area contributed by atoms with Crippen molar-refractivity contribution in [1.82, 2.24) is 5.32 Å². The molecule has 1 aliphatic carbocycles. The van der Waals surface area contributed by atoms with Crippen molar-refractivity contribution in [3.63, 3.8) is 0 Å². The summed E-state index contributed by atoms with van der Waals surface area (Å²) in [6.07, 6.45) is 0.138. The van der Waals surface area contributed by atoms with Crippen LogP contribution in [0.15, 0.2) is 60.7 Å². The Labute approximate surface area is 189 Å². The van der Waals surface area contributed by atoms with E-state index in [2.05, 4.69) is 41.4 Å². The lowest BCUT2D eigenvalue weighted by Gasteiger charge is -2.14. The number of hydrogen-bond acceptors (Lipinski definition) is 3. The summed E-state index contributed by atoms with van der Waals surface area (Å²) in [5.74, 6) is 7.22. The van der Waals surface area contributed by atoms with Crippen LogP contribution >= 0.6 is 0 Å². The Bertz CT molecular complexity index is 1130. The fraction of sp³-hybridized carbons (Fsp3) is 0.250. The maximum atomic E-state index is 12.2. The number of nitrogens with one attached hydrogen (secondary N) is 1. The van der Waals surface area contributed by atoms with E-state index in [0.717, 1.165) is 22.4 Å². The second kappa shape index (κ2) is 9.62. The molecule has 3 aromatic rings. The second-order valence-electron chi connectivity index (χ2n) is 7.95. The summed E-state index contributed by atoms with van der Waals surface area (Å²) in [6, 6.07) is 20.6. The Hall–Kier alpha value is -3.71. The molecule has 32 heavy (non-hydrogen) atoms. The number of fused-ring (bicyclic) bond motifs is 3. The molecule has 0 aliphatic heterocycles. The molecule has 4 nitrogen and oxygen atoms in total. The molecular formula is C28H27NO3. The van der Waals surface area contributed by atoms with Crippen LogP contribution in [-0.2, 0) is 4.74 Å². The Morgan fingerprint density at radius 1 is 0.969 bits per heavy atom. The van der Waals surface area contributed by atoms with Gasteiger partial charge in [0.2, 0.25) is 0 Å². The van der Waals surface area contributed by atoms with Gasteiger partial charge in [0.15, 0.2) is 0 Å². The average molecular weight is 426 g/mol. The Balaban J connectivity index is 1.29. The summed E-state index contributed by atoms with van der Waals surface area (Å²) in [5, 5.41) is 2.80. The molecule has 0 spiro atoms. The van der Waals surface area contributed by atoms with E-state index in [4.69, 9.17) is 9.47 Å². The number of alkyl carbamates (subject to hydrolysis) is 1. The van der Waals surface area contributed by atoms with E-state index in [-0.39, 0.29) is 5.92 Å². The van der Waals surface area contributed by atoms with Gasteiger partial charge in [-0.25, -0.2) is 4.79 Å². The zero-order valence-electron chi connectivity index (χ0n) is 18.7. The number of aryl methyl sites for hydroxylation is 2. The summed E-state index contributed by atoms with van der Waals surface area (Å²) in [4.78, 5) is 12.2. The Kier molecular flexibility index (Phi) is 6.47. The third-order valence-electron chi connectivity index (χ3n) is 5.76. The third kappa shape index (κ3) is 4.48. The zero-order valence-corrected chi connectivity index (χ0v) is 18.7. The minimum Gasteiger partial charge on any atom is -0.496 e. The number of carbonyl (C=O) groups is 1. The van der Waals surface area contributed by atoms with Crippen molar-refractivity contribution in [2.24, 2.45) is 0 Å². The summed E-state index contributed by atoms with van der Waals surface area (Å²) in [5.41, 5.74) is 7.92. The van der Waals surface area contributed by atoms with Crippen LogP contribution in [-0.4, -0.2) is 26.4 Å². The van der Waals surface area contributed by atoms with Crippen molar-refractivity contribution in [3.8, 4) is 28.7 Å². The predicted molar refractivity (Wildman–Crippen MR) is 127 cm³/mol. The average Bonchev–Trinajstić information content (AvgIpc) is 3.11. The quantitative estimate of drug-likeness (QED) is 0.428. The molecule has 162 valence electrons. The first-order chi connectivity index (χ1) is 15.6. The number of hydrogen-bond donors (Lipinski definition) is 1. The van der Waals surface area contributed by atoms with Crippen LogP contribution in [0, 0.1) is 25.7 Å². The highest BCUT2D eigenvalue weighted by atomic mass is 16.5. The molecule has 4 rings (SSSR count). The molecular weight excluding hydrogens is 398 g/mol. The lowest BCUT2D eigenvalue weighted by atomic mass is 9.98. The van der Waals surface area contributed by atoms with Crippen LogP contribution in [0.25, 0.3) is 11.1 Å². The summed E-state index contributed by atoms with van der Waals surface area (Å²) in [7, 11) is 1.68. The smallest absolute Gasteiger partial charge is 0.407 e. The van der Waals surface area contributed by atoms with E-state index in [1.54, 1.807) is 7.11 Å². The molecule has 0 saturated carbocycles. The molecule has 1 N–H and O–H groups in total. The highest BCUT2D eigenvalue weighted by Gasteiger charge is 2.28. The van der Waals surface area contributed by atoms with Gasteiger partial charge in [-0.15, -0.1) is 0 Å². The van der Waals surface area contributed by atoms with E-state index >= 15 is 0 Å². The van der Waals surface area contributed by atoms with E-state index in [9.17, 15) is 4.79 Å². The van der Waals surface area contributed by atoms with Gasteiger partial charge in [-0.05, 0) is 59.4 Å². The van der Waals surface area contributed by atoms with Gasteiger partial charge < -0.3 is 14.8 Å². The van der Waals surface area contributed by atoms with Crippen molar-refractivity contribution in [2.45, 2.75) is 26.2 Å². The van der Waals surface area contributed by atoms with Gasteiger partial charge >= 0.3 is 6.09 Å². The SMILES string of the molecule is COc1c(C)cc(C#CCCNC(=O)OCC2c3ccccc3-c3ccccc32)cc1C. The highest BCUT2D eigenvalue weighted by Crippen LogP contribution is 2.44. The topological polar surface area (TPSA) is 47.6 Å². The first kappa shape index (κ1) is 21.5. The zero-order chi connectivity index (χ0) is 22.5. The van der Waals surface area contributed by atoms with Gasteiger partial charge in [-0.2, -0.15) is 0 Å². The Morgan fingerprint density at radius 2 is 1.56 bits per heavy atom. The molecule has 0 aromatic heterocycles. The van der Waals surface area contributed by atoms with Crippen LogP contribution in [0.2, 0.25) is 0 Å². The first-order valence-electron chi connectivity index (χ1n) is 10.8. The molecule has 0 unspecified atom stereocenters. The Morgan fingerprint density at radius 3 is 2.16 bits per heavy atom. The van der Waals surface area contributed by atoms with Crippen LogP contribution in [0.3, 0.4) is 0 Å². The summed E-state index contributed by atoms with van der Waals surface area (Å²) in [6.45, 7) is 4.78. The summed E-state index contributed by atoms with van der Waals surface area (Å²) < 4.78 is 10.9. The largest absolute Gasteiger partial charge is 0.496 e. The number of methoxy groups -OCH3 is 1. The fourth-order valence-corrected chi connectivity index (χ4v) is 4.39. The number of carbonyl (C=O) groups excluding carboxylic acids is 1. The molecule has 1 aliphatic rings. The van der Waals surface area contributed by atoms with Gasteiger partial charge in [0.25, 0.3) is 0 Å². The van der Waals surface area contributed by atoms with Gasteiger partial charge in [0.05, 0.1) is 7.11 Å². The fourth-order valence-electron chi connectivity index (χ4n) is 4.39. The number of rotatable bonds is 5. The number of benzene rings is 3. The maximum absolute atomic E-state index is 12.2. The van der Waals surface area contributed by atoms with Crippen molar-refractivity contribution >= 4 is 6.09 Å². The predicted octanol–water partition coefficient (Wildman–Crippen LogP) is 5.59. The monoisotopic (exact) mass is 425 g/mol. The molecule has 1 amide bonds. The maximum Gasteiger partial charge on any atom is 0.407 e. The van der Waals surface area contributed by atoms with Crippen molar-refractivity contribution in [2.75, 3.05) is 20.3 Å². The highest BCUT2D eigenvalue weighted by molar-refractivity contribution is 5.79. The molecule has 0 atom stereocenters. The number of ether oxygens (including phenoxy) is 2. The third-order valence-corrected chi connectivity index (χ3v) is 5.76. The van der Waals surface area contributed by atoms with E-state index in [1.807, 2.05) is 50.2 Å². The minimum absolute atomic E-state index is 0.0643. The minimum atomic E-state index is -0.412. The molecule has 0 bridgehead atoms. The van der Waals surface area contributed by atoms with Gasteiger partial charge in [-0.1, -0.05) is 60.4 Å². The van der Waals surface area contributed by atoms with Gasteiger partial charge in [-0.3, -0.25) is 0 Å². The lowest BCUT2D eigenvalue weighted by molar-refractivity contribution is 0.143. The standard InChI is InChI=1S/C28H27NO3/c1-19-16-21(17-20(2)27(19)31-3)10-8-9-15-29-28(30)32-18-26-24-13-6-4-11-22(24)23-12-5-7-14-25(23)26/h4-7,11-14,16-17,26H,9,15,18H2,1-3H3,(H,29,30). The van der Waals surface area contributed by atoms with Crippen LogP contribution in [0.5, 0.6) is 5.75 Å². The van der Waals surface area contributed by atoms with Crippen LogP contribution in [0.1, 0.15) is 40.2 Å². The van der Waals surface area contributed by atoms with Crippen molar-refractivity contribution in [1.29, 1.82) is 0 Å². The van der Waals surface area contributed by atoms with E-state index < -0.39 is 6.09 Å². The van der Waals surface area contributed by atoms with Crippen LogP contribution in [0.4, 0.5) is 4.79 Å². The molecule has 3 aromatic carbocycles. The van der Waals surface area contributed by atoms with Crippen molar-refractivity contribution in [3.05, 3.63) is 88.5 Å². The van der Waals surface area contributed by atoms with Gasteiger partial charge in [0, 0.05) is 24.4 Å². The molecule has 0 heterocycles. The van der Waals surface area contributed by atoms with E-state index in [0.29, 0.717) is 19.6 Å². The van der Waals surface area contributed by atoms with E-state index in [1.165, 1.54) is 22.3 Å². The molecule has 0 fully saturated rings. The molecule has 0 saturated heterocycles. The normalized spacial score (nSPS) is 11.7.